The first-order chi connectivity index (χ1) is 13.1. The Labute approximate surface area is 160 Å². The fourth-order valence-electron chi connectivity index (χ4n) is 3.46. The van der Waals surface area contributed by atoms with Gasteiger partial charge in [0.25, 0.3) is 0 Å². The van der Waals surface area contributed by atoms with E-state index in [-0.39, 0.29) is 0 Å². The number of methoxy groups -OCH3 is 1. The molecule has 1 unspecified atom stereocenters. The van der Waals surface area contributed by atoms with Crippen LogP contribution in [0.1, 0.15) is 35.2 Å². The second-order valence-electron chi connectivity index (χ2n) is 6.74. The van der Waals surface area contributed by atoms with E-state index in [1.807, 2.05) is 32.0 Å². The summed E-state index contributed by atoms with van der Waals surface area (Å²) in [5, 5.41) is 0.469. The van der Waals surface area contributed by atoms with Crippen molar-refractivity contribution in [2.45, 2.75) is 37.6 Å². The largest absolute Gasteiger partial charge is 0.496 e. The van der Waals surface area contributed by atoms with Crippen molar-refractivity contribution in [2.75, 3.05) is 13.7 Å². The Balaban J connectivity index is 1.61. The zero-order chi connectivity index (χ0) is 19.0. The van der Waals surface area contributed by atoms with Crippen LogP contribution < -0.4 is 4.74 Å². The molecular weight excluding hydrogens is 360 g/mol. The average molecular weight is 382 g/mol. The molecule has 6 nitrogen and oxygen atoms in total. The third kappa shape index (κ3) is 3.39. The van der Waals surface area contributed by atoms with Gasteiger partial charge in [-0.3, -0.25) is 14.2 Å². The molecule has 27 heavy (non-hydrogen) atoms. The molecule has 0 spiro atoms. The number of hydrogen-bond acceptors (Lipinski definition) is 5. The van der Waals surface area contributed by atoms with Crippen molar-refractivity contribution >= 4 is 27.5 Å². The number of ether oxygens (including phenoxy) is 1. The van der Waals surface area contributed by atoms with Gasteiger partial charge in [0.05, 0.1) is 40.4 Å². The Morgan fingerprint density at radius 3 is 2.89 bits per heavy atom. The van der Waals surface area contributed by atoms with E-state index in [2.05, 4.69) is 19.9 Å². The molecular formula is C20H22N4O2S. The standard InChI is InChI=1S/C20H22N4O2S/c1-12-10-22-18(13(2)19(12)26-3)11-27(25)20-23-16-7-6-14(9-17(16)24-20)15-5-4-8-21-15/h6-7,9-10H,4-5,8,11H2,1-3H3,(H,23,24). The Bertz CT molecular complexity index is 1070. The summed E-state index contributed by atoms with van der Waals surface area (Å²) in [5.41, 5.74) is 6.60. The van der Waals surface area contributed by atoms with Gasteiger partial charge in [-0.1, -0.05) is 6.07 Å². The van der Waals surface area contributed by atoms with Crippen LogP contribution in [0.4, 0.5) is 0 Å². The molecule has 0 fully saturated rings. The fourth-order valence-corrected chi connectivity index (χ4v) is 4.56. The smallest absolute Gasteiger partial charge is 0.197 e. The van der Waals surface area contributed by atoms with E-state index in [0.29, 0.717) is 10.9 Å². The molecule has 7 heteroatoms. The number of aryl methyl sites for hydroxylation is 1. The summed E-state index contributed by atoms with van der Waals surface area (Å²) >= 11 is 0. The minimum atomic E-state index is -1.32. The molecule has 1 atom stereocenters. The molecule has 0 saturated heterocycles. The van der Waals surface area contributed by atoms with Gasteiger partial charge in [-0.2, -0.15) is 0 Å². The Hall–Kier alpha value is -2.54. The number of aromatic nitrogens is 3. The zero-order valence-electron chi connectivity index (χ0n) is 15.7. The van der Waals surface area contributed by atoms with Crippen LogP contribution in [-0.4, -0.2) is 38.5 Å². The number of aliphatic imine (C=N–C) groups is 1. The molecule has 0 saturated carbocycles. The molecule has 0 aliphatic carbocycles. The molecule has 1 aliphatic heterocycles. The van der Waals surface area contributed by atoms with Crippen molar-refractivity contribution in [1.29, 1.82) is 0 Å². The van der Waals surface area contributed by atoms with Crippen molar-refractivity contribution in [3.05, 3.63) is 46.8 Å². The first-order valence-electron chi connectivity index (χ1n) is 8.97. The fraction of sp³-hybridized carbons (Fsp3) is 0.350. The highest BCUT2D eigenvalue weighted by atomic mass is 32.2. The Morgan fingerprint density at radius 2 is 2.15 bits per heavy atom. The van der Waals surface area contributed by atoms with Gasteiger partial charge in [0.15, 0.2) is 5.16 Å². The van der Waals surface area contributed by atoms with Gasteiger partial charge in [-0.15, -0.1) is 0 Å². The van der Waals surface area contributed by atoms with Crippen molar-refractivity contribution in [3.63, 3.8) is 0 Å². The lowest BCUT2D eigenvalue weighted by atomic mass is 10.1. The summed E-state index contributed by atoms with van der Waals surface area (Å²) in [7, 11) is 0.323. The number of pyridine rings is 1. The summed E-state index contributed by atoms with van der Waals surface area (Å²) in [6.45, 7) is 4.79. The van der Waals surface area contributed by atoms with Gasteiger partial charge in [-0.05, 0) is 44.4 Å². The summed E-state index contributed by atoms with van der Waals surface area (Å²) in [5.74, 6) is 1.09. The van der Waals surface area contributed by atoms with Gasteiger partial charge >= 0.3 is 0 Å². The normalized spacial score (nSPS) is 15.1. The van der Waals surface area contributed by atoms with Crippen LogP contribution in [0.15, 0.2) is 34.5 Å². The molecule has 0 bridgehead atoms. The number of benzene rings is 1. The van der Waals surface area contributed by atoms with E-state index >= 15 is 0 Å². The van der Waals surface area contributed by atoms with Gasteiger partial charge < -0.3 is 9.72 Å². The van der Waals surface area contributed by atoms with Crippen LogP contribution in [0.3, 0.4) is 0 Å². The van der Waals surface area contributed by atoms with E-state index in [4.69, 9.17) is 4.74 Å². The number of fused-ring (bicyclic) bond motifs is 1. The molecule has 3 aromatic rings. The van der Waals surface area contributed by atoms with Crippen LogP contribution in [-0.2, 0) is 16.6 Å². The number of H-pyrrole nitrogens is 1. The van der Waals surface area contributed by atoms with Crippen LogP contribution in [0.25, 0.3) is 11.0 Å². The molecule has 2 aromatic heterocycles. The first-order valence-corrected chi connectivity index (χ1v) is 10.3. The second-order valence-corrected chi connectivity index (χ2v) is 8.11. The summed E-state index contributed by atoms with van der Waals surface area (Å²) in [4.78, 5) is 16.7. The predicted octanol–water partition coefficient (Wildman–Crippen LogP) is 3.47. The third-order valence-corrected chi connectivity index (χ3v) is 6.06. The second kappa shape index (κ2) is 7.23. The average Bonchev–Trinajstić information content (AvgIpc) is 3.33. The van der Waals surface area contributed by atoms with E-state index < -0.39 is 10.8 Å². The monoisotopic (exact) mass is 382 g/mol. The quantitative estimate of drug-likeness (QED) is 0.733. The maximum atomic E-state index is 12.9. The van der Waals surface area contributed by atoms with E-state index in [1.165, 1.54) is 0 Å². The number of aromatic amines is 1. The van der Waals surface area contributed by atoms with Crippen LogP contribution in [0.2, 0.25) is 0 Å². The van der Waals surface area contributed by atoms with Crippen molar-refractivity contribution in [2.24, 2.45) is 4.99 Å². The maximum absolute atomic E-state index is 12.9. The van der Waals surface area contributed by atoms with Crippen molar-refractivity contribution in [1.82, 2.24) is 15.0 Å². The van der Waals surface area contributed by atoms with E-state index in [1.54, 1.807) is 13.3 Å². The van der Waals surface area contributed by atoms with Crippen molar-refractivity contribution < 1.29 is 8.95 Å². The highest BCUT2D eigenvalue weighted by molar-refractivity contribution is 7.84. The SMILES string of the molecule is COc1c(C)cnc(CS(=O)c2nc3ccc(C4=NCCC4)cc3[nH]2)c1C. The van der Waals surface area contributed by atoms with Gasteiger partial charge in [0, 0.05) is 29.6 Å². The molecule has 0 radical (unpaired) electrons. The van der Waals surface area contributed by atoms with Crippen molar-refractivity contribution in [3.8, 4) is 5.75 Å². The lowest BCUT2D eigenvalue weighted by Gasteiger charge is -2.11. The molecule has 0 amide bonds. The molecule has 1 aliphatic rings. The van der Waals surface area contributed by atoms with Crippen LogP contribution in [0.5, 0.6) is 5.75 Å². The number of nitrogens with one attached hydrogen (secondary N) is 1. The number of imidazole rings is 1. The maximum Gasteiger partial charge on any atom is 0.197 e. The Kier molecular flexibility index (Phi) is 4.78. The minimum Gasteiger partial charge on any atom is -0.496 e. The summed E-state index contributed by atoms with van der Waals surface area (Å²) in [6.07, 6.45) is 3.88. The highest BCUT2D eigenvalue weighted by Crippen LogP contribution is 2.26. The zero-order valence-corrected chi connectivity index (χ0v) is 16.5. The lowest BCUT2D eigenvalue weighted by molar-refractivity contribution is 0.407. The molecule has 140 valence electrons. The predicted molar refractivity (Wildman–Crippen MR) is 107 cm³/mol. The van der Waals surface area contributed by atoms with Gasteiger partial charge in [0.2, 0.25) is 0 Å². The lowest BCUT2D eigenvalue weighted by Crippen LogP contribution is -2.05. The number of rotatable bonds is 5. The van der Waals surface area contributed by atoms with Crippen LogP contribution in [0, 0.1) is 13.8 Å². The molecule has 4 rings (SSSR count). The molecule has 1 aromatic carbocycles. The molecule has 1 N–H and O–H groups in total. The summed E-state index contributed by atoms with van der Waals surface area (Å²) < 4.78 is 18.3. The van der Waals surface area contributed by atoms with E-state index in [0.717, 1.165) is 64.3 Å². The third-order valence-electron chi connectivity index (χ3n) is 4.90. The highest BCUT2D eigenvalue weighted by Gasteiger charge is 2.17. The minimum absolute atomic E-state index is 0.294. The number of hydrogen-bond donors (Lipinski definition) is 1. The van der Waals surface area contributed by atoms with Gasteiger partial charge in [0.1, 0.15) is 5.75 Å². The topological polar surface area (TPSA) is 80.2 Å². The van der Waals surface area contributed by atoms with Gasteiger partial charge in [-0.25, -0.2) is 4.98 Å². The van der Waals surface area contributed by atoms with E-state index in [9.17, 15) is 4.21 Å². The number of nitrogens with zero attached hydrogens (tertiary/aromatic N) is 3. The Morgan fingerprint density at radius 1 is 1.30 bits per heavy atom. The molecule has 3 heterocycles. The van der Waals surface area contributed by atoms with Crippen LogP contribution >= 0.6 is 0 Å². The summed E-state index contributed by atoms with van der Waals surface area (Å²) in [6, 6.07) is 6.04. The first kappa shape index (κ1) is 17.9.